The predicted octanol–water partition coefficient (Wildman–Crippen LogP) is 1.40. The lowest BCUT2D eigenvalue weighted by Gasteiger charge is -2.62. The Kier molecular flexibility index (Phi) is 8.62. The molecule has 2 aliphatic heterocycles. The molecule has 10 nitrogen and oxygen atoms in total. The van der Waals surface area contributed by atoms with Gasteiger partial charge in [0.2, 0.25) is 0 Å². The SMILES string of the molecule is C=CC1(C)C=C2CCC3C(C)(C)C(OC4OC(CO)C(O)C4O)CCC3(C)C2CC1OC1OC(C)C(O)C(O)C1O. The maximum Gasteiger partial charge on any atom is 0.186 e. The van der Waals surface area contributed by atoms with Gasteiger partial charge in [0.1, 0.15) is 36.6 Å². The molecule has 5 aliphatic rings. The first-order valence-electron chi connectivity index (χ1n) is 15.2. The largest absolute Gasteiger partial charge is 0.394 e. The number of hydrogen-bond donors (Lipinski definition) is 6. The van der Waals surface area contributed by atoms with Crippen LogP contribution in [0.4, 0.5) is 0 Å². The fourth-order valence-corrected chi connectivity index (χ4v) is 8.71. The quantitative estimate of drug-likeness (QED) is 0.253. The van der Waals surface area contributed by atoms with Gasteiger partial charge in [-0.3, -0.25) is 0 Å². The van der Waals surface area contributed by atoms with Crippen molar-refractivity contribution in [2.45, 2.75) is 134 Å². The minimum atomic E-state index is -1.38. The van der Waals surface area contributed by atoms with Gasteiger partial charge in [0.25, 0.3) is 0 Å². The Morgan fingerprint density at radius 1 is 0.902 bits per heavy atom. The van der Waals surface area contributed by atoms with E-state index in [0.717, 1.165) is 25.7 Å². The van der Waals surface area contributed by atoms with Crippen molar-refractivity contribution in [2.24, 2.45) is 28.1 Å². The molecule has 0 aromatic rings. The van der Waals surface area contributed by atoms with Crippen molar-refractivity contribution in [3.05, 3.63) is 24.3 Å². The second-order valence-corrected chi connectivity index (χ2v) is 14.2. The van der Waals surface area contributed by atoms with Crippen LogP contribution in [0.2, 0.25) is 0 Å². The molecular weight excluding hydrogens is 532 g/mol. The van der Waals surface area contributed by atoms with Crippen LogP contribution < -0.4 is 0 Å². The molecule has 0 aromatic heterocycles. The Morgan fingerprint density at radius 3 is 2.17 bits per heavy atom. The Bertz CT molecular complexity index is 1000. The predicted molar refractivity (Wildman–Crippen MR) is 148 cm³/mol. The molecule has 0 radical (unpaired) electrons. The standard InChI is InChI=1S/C31H50O10/c1-7-30(5)13-16-8-9-19-29(3,4)20(40-28-25(36)23(34)18(14-32)39-28)10-11-31(19,6)17(16)12-21(30)41-27-26(37)24(35)22(33)15(2)38-27/h7,13,15,17-28,32-37H,1,8-12,14H2,2-6H3. The number of aliphatic hydroxyl groups is 6. The number of ether oxygens (including phenoxy) is 4. The minimum Gasteiger partial charge on any atom is -0.394 e. The van der Waals surface area contributed by atoms with Crippen LogP contribution in [-0.2, 0) is 18.9 Å². The van der Waals surface area contributed by atoms with Crippen molar-refractivity contribution in [3.8, 4) is 0 Å². The van der Waals surface area contributed by atoms with E-state index in [0.29, 0.717) is 6.42 Å². The molecule has 41 heavy (non-hydrogen) atoms. The van der Waals surface area contributed by atoms with Crippen LogP contribution in [0.25, 0.3) is 0 Å². The van der Waals surface area contributed by atoms with Gasteiger partial charge < -0.3 is 49.6 Å². The van der Waals surface area contributed by atoms with Crippen LogP contribution in [0, 0.1) is 28.1 Å². The van der Waals surface area contributed by atoms with Gasteiger partial charge in [-0.05, 0) is 61.7 Å². The summed E-state index contributed by atoms with van der Waals surface area (Å²) in [6.45, 7) is 14.2. The van der Waals surface area contributed by atoms with Crippen molar-refractivity contribution >= 4 is 0 Å². The lowest BCUT2D eigenvalue weighted by molar-refractivity contribution is -0.312. The third-order valence-corrected chi connectivity index (χ3v) is 11.4. The van der Waals surface area contributed by atoms with Gasteiger partial charge in [0.05, 0.1) is 24.9 Å². The summed E-state index contributed by atoms with van der Waals surface area (Å²) in [6.07, 6.45) is -2.16. The summed E-state index contributed by atoms with van der Waals surface area (Å²) in [5, 5.41) is 61.4. The van der Waals surface area contributed by atoms with Gasteiger partial charge in [-0.1, -0.05) is 45.4 Å². The number of rotatable bonds is 6. The van der Waals surface area contributed by atoms with Gasteiger partial charge in [-0.2, -0.15) is 0 Å². The van der Waals surface area contributed by atoms with Gasteiger partial charge >= 0.3 is 0 Å². The molecule has 0 spiro atoms. The second-order valence-electron chi connectivity index (χ2n) is 14.2. The van der Waals surface area contributed by atoms with Crippen LogP contribution in [0.15, 0.2) is 24.3 Å². The Morgan fingerprint density at radius 2 is 1.54 bits per heavy atom. The first-order valence-corrected chi connectivity index (χ1v) is 15.2. The molecule has 15 atom stereocenters. The summed E-state index contributed by atoms with van der Waals surface area (Å²) in [7, 11) is 0. The second kappa shape index (κ2) is 11.2. The molecule has 2 saturated carbocycles. The summed E-state index contributed by atoms with van der Waals surface area (Å²) in [5.74, 6) is 0.498. The van der Waals surface area contributed by atoms with Crippen LogP contribution in [0.3, 0.4) is 0 Å². The van der Waals surface area contributed by atoms with Gasteiger partial charge in [0.15, 0.2) is 12.6 Å². The molecule has 3 aliphatic carbocycles. The van der Waals surface area contributed by atoms with Gasteiger partial charge in [-0.25, -0.2) is 0 Å². The average Bonchev–Trinajstić information content (AvgIpc) is 3.20. The van der Waals surface area contributed by atoms with Crippen molar-refractivity contribution in [3.63, 3.8) is 0 Å². The molecule has 0 aromatic carbocycles. The summed E-state index contributed by atoms with van der Waals surface area (Å²) < 4.78 is 24.3. The summed E-state index contributed by atoms with van der Waals surface area (Å²) in [4.78, 5) is 0. The van der Waals surface area contributed by atoms with Gasteiger partial charge in [0, 0.05) is 5.41 Å². The molecular formula is C31H50O10. The highest BCUT2D eigenvalue weighted by Crippen LogP contribution is 2.64. The highest BCUT2D eigenvalue weighted by Gasteiger charge is 2.60. The molecule has 5 rings (SSSR count). The molecule has 2 saturated heterocycles. The monoisotopic (exact) mass is 582 g/mol. The van der Waals surface area contributed by atoms with E-state index in [2.05, 4.69) is 40.3 Å². The molecule has 4 fully saturated rings. The number of allylic oxidation sites excluding steroid dienone is 1. The molecule has 234 valence electrons. The minimum absolute atomic E-state index is 0.0745. The average molecular weight is 583 g/mol. The Labute approximate surface area is 242 Å². The molecule has 0 amide bonds. The molecule has 6 N–H and O–H groups in total. The highest BCUT2D eigenvalue weighted by molar-refractivity contribution is 5.29. The maximum atomic E-state index is 10.7. The van der Waals surface area contributed by atoms with Crippen LogP contribution in [0.1, 0.15) is 66.7 Å². The van der Waals surface area contributed by atoms with Gasteiger partial charge in [-0.15, -0.1) is 6.58 Å². The van der Waals surface area contributed by atoms with Crippen LogP contribution in [0.5, 0.6) is 0 Å². The Balaban J connectivity index is 1.36. The lowest BCUT2D eigenvalue weighted by atomic mass is 9.44. The summed E-state index contributed by atoms with van der Waals surface area (Å²) in [6, 6.07) is 0. The third kappa shape index (κ3) is 5.16. The van der Waals surface area contributed by atoms with E-state index < -0.39 is 67.3 Å². The maximum absolute atomic E-state index is 10.7. The first kappa shape index (κ1) is 31.5. The lowest BCUT2D eigenvalue weighted by Crippen LogP contribution is -2.60. The van der Waals surface area contributed by atoms with E-state index in [1.807, 2.05) is 6.08 Å². The number of aliphatic hydroxyl groups excluding tert-OH is 6. The van der Waals surface area contributed by atoms with Crippen LogP contribution >= 0.6 is 0 Å². The van der Waals surface area contributed by atoms with E-state index in [4.69, 9.17) is 18.9 Å². The molecule has 0 bridgehead atoms. The van der Waals surface area contributed by atoms with E-state index in [-0.39, 0.29) is 34.9 Å². The zero-order valence-corrected chi connectivity index (χ0v) is 24.9. The van der Waals surface area contributed by atoms with E-state index in [9.17, 15) is 30.6 Å². The van der Waals surface area contributed by atoms with E-state index >= 15 is 0 Å². The van der Waals surface area contributed by atoms with Crippen molar-refractivity contribution in [1.82, 2.24) is 0 Å². The van der Waals surface area contributed by atoms with E-state index in [1.54, 1.807) is 6.92 Å². The zero-order chi connectivity index (χ0) is 30.1. The molecule has 10 heteroatoms. The first-order chi connectivity index (χ1) is 19.2. The van der Waals surface area contributed by atoms with Crippen molar-refractivity contribution in [2.75, 3.05) is 6.61 Å². The zero-order valence-electron chi connectivity index (χ0n) is 24.9. The summed E-state index contributed by atoms with van der Waals surface area (Å²) in [5.41, 5.74) is 0.545. The number of hydrogen-bond acceptors (Lipinski definition) is 10. The number of fused-ring (bicyclic) bond motifs is 3. The van der Waals surface area contributed by atoms with Crippen LogP contribution in [-0.4, -0.2) is 105 Å². The topological polar surface area (TPSA) is 158 Å². The molecule has 15 unspecified atom stereocenters. The van der Waals surface area contributed by atoms with Crippen molar-refractivity contribution in [1.29, 1.82) is 0 Å². The summed E-state index contributed by atoms with van der Waals surface area (Å²) >= 11 is 0. The normalized spacial score (nSPS) is 53.2. The third-order valence-electron chi connectivity index (χ3n) is 11.4. The fourth-order valence-electron chi connectivity index (χ4n) is 8.71. The smallest absolute Gasteiger partial charge is 0.186 e. The van der Waals surface area contributed by atoms with E-state index in [1.165, 1.54) is 5.57 Å². The molecule has 2 heterocycles. The highest BCUT2D eigenvalue weighted by atomic mass is 16.7. The fraction of sp³-hybridized carbons (Fsp3) is 0.871. The Hall–Kier alpha value is -0.920. The van der Waals surface area contributed by atoms with Crippen molar-refractivity contribution < 1.29 is 49.6 Å².